The van der Waals surface area contributed by atoms with Gasteiger partial charge in [0.15, 0.2) is 0 Å². The highest BCUT2D eigenvalue weighted by atomic mass is 16.5. The third-order valence-electron chi connectivity index (χ3n) is 2.22. The molecule has 12 heavy (non-hydrogen) atoms. The number of nitrogens with two attached hydrogens (primary N) is 1. The second kappa shape index (κ2) is 2.75. The monoisotopic (exact) mass is 165 g/mol. The summed E-state index contributed by atoms with van der Waals surface area (Å²) in [5.74, 6) is 0.712. The van der Waals surface area contributed by atoms with Crippen LogP contribution in [0.15, 0.2) is 24.0 Å². The summed E-state index contributed by atoms with van der Waals surface area (Å²) >= 11 is 0. The lowest BCUT2D eigenvalue weighted by atomic mass is 9.91. The Balaban J connectivity index is 2.18. The van der Waals surface area contributed by atoms with Crippen molar-refractivity contribution in [1.29, 1.82) is 0 Å². The van der Waals surface area contributed by atoms with Gasteiger partial charge < -0.3 is 10.5 Å². The van der Waals surface area contributed by atoms with Crippen molar-refractivity contribution in [3.63, 3.8) is 0 Å². The fourth-order valence-corrected chi connectivity index (χ4v) is 1.55. The summed E-state index contributed by atoms with van der Waals surface area (Å²) < 4.78 is 5.05. The summed E-state index contributed by atoms with van der Waals surface area (Å²) in [7, 11) is 0. The van der Waals surface area contributed by atoms with Crippen LogP contribution >= 0.6 is 0 Å². The number of esters is 1. The maximum Gasteiger partial charge on any atom is 0.328 e. The third kappa shape index (κ3) is 1.16. The lowest BCUT2D eigenvalue weighted by Gasteiger charge is -2.27. The molecule has 1 saturated heterocycles. The number of hydrogen-bond donors (Lipinski definition) is 1. The average Bonchev–Trinajstić information content (AvgIpc) is 2.07. The van der Waals surface area contributed by atoms with Crippen LogP contribution in [-0.2, 0) is 9.53 Å². The van der Waals surface area contributed by atoms with Crippen LogP contribution in [0.5, 0.6) is 0 Å². The van der Waals surface area contributed by atoms with Crippen LogP contribution in [0.3, 0.4) is 0 Å². The van der Waals surface area contributed by atoms with Crippen molar-refractivity contribution in [2.24, 2.45) is 11.7 Å². The van der Waals surface area contributed by atoms with Crippen molar-refractivity contribution < 1.29 is 9.53 Å². The Morgan fingerprint density at radius 2 is 2.42 bits per heavy atom. The zero-order valence-electron chi connectivity index (χ0n) is 6.69. The average molecular weight is 165 g/mol. The van der Waals surface area contributed by atoms with Crippen LogP contribution in [-0.4, -0.2) is 12.0 Å². The molecule has 1 heterocycles. The van der Waals surface area contributed by atoms with E-state index in [1.807, 2.05) is 6.08 Å². The van der Waals surface area contributed by atoms with Crippen molar-refractivity contribution in [1.82, 2.24) is 0 Å². The summed E-state index contributed by atoms with van der Waals surface area (Å²) in [4.78, 5) is 11.0. The number of carbonyl (C=O) groups excluding carboxylic acids is 1. The highest BCUT2D eigenvalue weighted by molar-refractivity contribution is 5.77. The third-order valence-corrected chi connectivity index (χ3v) is 2.22. The Morgan fingerprint density at radius 3 is 3.25 bits per heavy atom. The molecule has 2 atom stereocenters. The van der Waals surface area contributed by atoms with Gasteiger partial charge in [0, 0.05) is 5.92 Å². The molecular formula is C9H11NO2. The Bertz CT molecular complexity index is 268. The second-order valence-electron chi connectivity index (χ2n) is 3.14. The largest absolute Gasteiger partial charge is 0.430 e. The van der Waals surface area contributed by atoms with Gasteiger partial charge in [0.05, 0.1) is 0 Å². The first-order valence-electron chi connectivity index (χ1n) is 4.11. The summed E-state index contributed by atoms with van der Waals surface area (Å²) in [5.41, 5.74) is 5.55. The minimum absolute atomic E-state index is 0.228. The van der Waals surface area contributed by atoms with E-state index in [9.17, 15) is 4.79 Å². The molecule has 2 N–H and O–H groups in total. The van der Waals surface area contributed by atoms with E-state index in [0.717, 1.165) is 12.2 Å². The topological polar surface area (TPSA) is 52.3 Å². The minimum Gasteiger partial charge on any atom is -0.430 e. The lowest BCUT2D eigenvalue weighted by molar-refractivity contribution is -0.144. The number of hydrogen-bond acceptors (Lipinski definition) is 3. The molecule has 1 aliphatic carbocycles. The van der Waals surface area contributed by atoms with Crippen LogP contribution < -0.4 is 5.73 Å². The van der Waals surface area contributed by atoms with Gasteiger partial charge in [-0.2, -0.15) is 0 Å². The van der Waals surface area contributed by atoms with E-state index >= 15 is 0 Å². The van der Waals surface area contributed by atoms with E-state index in [1.165, 1.54) is 0 Å². The van der Waals surface area contributed by atoms with E-state index in [1.54, 1.807) is 0 Å². The lowest BCUT2D eigenvalue weighted by Crippen LogP contribution is -2.39. The SMILES string of the molecule is NC1CC2C=CCC=C2OC1=O. The molecule has 0 aromatic rings. The zero-order chi connectivity index (χ0) is 8.55. The van der Waals surface area contributed by atoms with E-state index in [4.69, 9.17) is 10.5 Å². The molecule has 0 radical (unpaired) electrons. The van der Waals surface area contributed by atoms with Gasteiger partial charge in [0.1, 0.15) is 11.8 Å². The molecule has 2 aliphatic rings. The Labute approximate surface area is 70.9 Å². The van der Waals surface area contributed by atoms with Gasteiger partial charge in [-0.15, -0.1) is 0 Å². The molecule has 2 unspecified atom stereocenters. The molecule has 1 fully saturated rings. The number of fused-ring (bicyclic) bond motifs is 1. The van der Waals surface area contributed by atoms with Crippen molar-refractivity contribution in [3.05, 3.63) is 24.0 Å². The number of carbonyl (C=O) groups is 1. The summed E-state index contributed by atoms with van der Waals surface area (Å²) in [6.07, 6.45) is 7.60. The molecule has 3 nitrogen and oxygen atoms in total. The van der Waals surface area contributed by atoms with Crippen LogP contribution in [0.4, 0.5) is 0 Å². The first-order valence-corrected chi connectivity index (χ1v) is 4.11. The predicted molar refractivity (Wildman–Crippen MR) is 44.0 cm³/mol. The van der Waals surface area contributed by atoms with Gasteiger partial charge in [-0.1, -0.05) is 12.2 Å². The Kier molecular flexibility index (Phi) is 1.73. The first-order chi connectivity index (χ1) is 5.77. The molecule has 0 amide bonds. The summed E-state index contributed by atoms with van der Waals surface area (Å²) in [6, 6.07) is -0.449. The molecule has 0 aromatic heterocycles. The van der Waals surface area contributed by atoms with Crippen molar-refractivity contribution in [2.45, 2.75) is 18.9 Å². The minimum atomic E-state index is -0.449. The molecule has 0 bridgehead atoms. The highest BCUT2D eigenvalue weighted by Gasteiger charge is 2.30. The van der Waals surface area contributed by atoms with E-state index in [-0.39, 0.29) is 11.9 Å². The predicted octanol–water partition coefficient (Wildman–Crippen LogP) is 0.721. The van der Waals surface area contributed by atoms with Crippen molar-refractivity contribution in [2.75, 3.05) is 0 Å². The van der Waals surface area contributed by atoms with E-state index in [0.29, 0.717) is 6.42 Å². The zero-order valence-corrected chi connectivity index (χ0v) is 6.69. The number of ether oxygens (including phenoxy) is 1. The van der Waals surface area contributed by atoms with E-state index < -0.39 is 6.04 Å². The van der Waals surface area contributed by atoms with Crippen LogP contribution in [0, 0.1) is 5.92 Å². The second-order valence-corrected chi connectivity index (χ2v) is 3.14. The fourth-order valence-electron chi connectivity index (χ4n) is 1.55. The molecule has 0 spiro atoms. The highest BCUT2D eigenvalue weighted by Crippen LogP contribution is 2.28. The van der Waals surface area contributed by atoms with Crippen LogP contribution in [0.2, 0.25) is 0 Å². The van der Waals surface area contributed by atoms with Gasteiger partial charge in [0.25, 0.3) is 0 Å². The van der Waals surface area contributed by atoms with Crippen molar-refractivity contribution in [3.8, 4) is 0 Å². The summed E-state index contributed by atoms with van der Waals surface area (Å²) in [5, 5.41) is 0. The van der Waals surface area contributed by atoms with Crippen LogP contribution in [0.25, 0.3) is 0 Å². The smallest absolute Gasteiger partial charge is 0.328 e. The van der Waals surface area contributed by atoms with Crippen LogP contribution in [0.1, 0.15) is 12.8 Å². The van der Waals surface area contributed by atoms with Crippen molar-refractivity contribution >= 4 is 5.97 Å². The fraction of sp³-hybridized carbons (Fsp3) is 0.444. The van der Waals surface area contributed by atoms with Gasteiger partial charge in [-0.3, -0.25) is 0 Å². The summed E-state index contributed by atoms with van der Waals surface area (Å²) in [6.45, 7) is 0. The first kappa shape index (κ1) is 7.55. The van der Waals surface area contributed by atoms with E-state index in [2.05, 4.69) is 12.2 Å². The molecule has 1 aliphatic heterocycles. The maximum absolute atomic E-state index is 11.0. The molecular weight excluding hydrogens is 154 g/mol. The Morgan fingerprint density at radius 1 is 1.58 bits per heavy atom. The molecule has 3 heteroatoms. The number of allylic oxidation sites excluding steroid dienone is 3. The molecule has 0 aromatic carbocycles. The number of rotatable bonds is 0. The Hall–Kier alpha value is -1.09. The maximum atomic E-state index is 11.0. The van der Waals surface area contributed by atoms with Gasteiger partial charge in [-0.25, -0.2) is 4.79 Å². The van der Waals surface area contributed by atoms with Gasteiger partial charge in [-0.05, 0) is 18.9 Å². The molecule has 0 saturated carbocycles. The van der Waals surface area contributed by atoms with Gasteiger partial charge in [0.2, 0.25) is 0 Å². The quantitative estimate of drug-likeness (QED) is 0.425. The molecule has 2 rings (SSSR count). The van der Waals surface area contributed by atoms with Gasteiger partial charge >= 0.3 is 5.97 Å². The normalized spacial score (nSPS) is 33.8. The molecule has 64 valence electrons. The standard InChI is InChI=1S/C9H11NO2/c10-7-5-6-3-1-2-4-8(6)12-9(7)11/h1,3-4,6-7H,2,5,10H2.